The molecule has 0 fully saturated rings. The van der Waals surface area contributed by atoms with Gasteiger partial charge >= 0.3 is 0 Å². The van der Waals surface area contributed by atoms with Crippen LogP contribution in [0.25, 0.3) is 21.8 Å². The number of hydrogen-bond acceptors (Lipinski definition) is 4. The van der Waals surface area contributed by atoms with Gasteiger partial charge in [-0.15, -0.1) is 0 Å². The van der Waals surface area contributed by atoms with Crippen molar-refractivity contribution in [2.24, 2.45) is 0 Å². The van der Waals surface area contributed by atoms with Crippen molar-refractivity contribution in [3.8, 4) is 0 Å². The van der Waals surface area contributed by atoms with Crippen LogP contribution < -0.4 is 10.9 Å². The smallest absolute Gasteiger partial charge is 0.291 e. The van der Waals surface area contributed by atoms with Gasteiger partial charge in [0, 0.05) is 42.1 Å². The first-order chi connectivity index (χ1) is 15.1. The lowest BCUT2D eigenvalue weighted by Gasteiger charge is -2.10. The first kappa shape index (κ1) is 20.7. The van der Waals surface area contributed by atoms with Gasteiger partial charge in [-0.25, -0.2) is 9.07 Å². The molecule has 2 heterocycles. The second kappa shape index (κ2) is 9.09. The number of para-hydroxylation sites is 1. The number of ether oxygens (including phenoxy) is 1. The molecule has 1 N–H and O–H groups in total. The minimum absolute atomic E-state index is 0.191. The molecule has 4 rings (SSSR count). The Labute approximate surface area is 178 Å². The number of halogens is 1. The first-order valence-electron chi connectivity index (χ1n) is 10.1. The first-order valence-corrected chi connectivity index (χ1v) is 10.1. The van der Waals surface area contributed by atoms with Gasteiger partial charge in [-0.2, -0.15) is 5.10 Å². The van der Waals surface area contributed by atoms with Crippen LogP contribution in [-0.2, 0) is 22.6 Å². The predicted octanol–water partition coefficient (Wildman–Crippen LogP) is 2.69. The second-order valence-corrected chi connectivity index (χ2v) is 7.26. The third-order valence-corrected chi connectivity index (χ3v) is 5.20. The Kier molecular flexibility index (Phi) is 6.08. The summed E-state index contributed by atoms with van der Waals surface area (Å²) in [7, 11) is 1.60. The Bertz CT molecular complexity index is 1300. The van der Waals surface area contributed by atoms with Gasteiger partial charge in [0.2, 0.25) is 5.91 Å². The summed E-state index contributed by atoms with van der Waals surface area (Å²) in [4.78, 5) is 25.5. The number of aromatic nitrogens is 3. The fourth-order valence-electron chi connectivity index (χ4n) is 3.70. The van der Waals surface area contributed by atoms with Crippen LogP contribution in [0.4, 0.5) is 4.39 Å². The highest BCUT2D eigenvalue weighted by Crippen LogP contribution is 2.27. The molecule has 0 aliphatic rings. The number of carbonyl (C=O) groups is 1. The third-order valence-electron chi connectivity index (χ3n) is 5.20. The van der Waals surface area contributed by atoms with Crippen LogP contribution in [0.2, 0.25) is 0 Å². The van der Waals surface area contributed by atoms with E-state index in [1.54, 1.807) is 36.1 Å². The van der Waals surface area contributed by atoms with Gasteiger partial charge in [-0.3, -0.25) is 9.59 Å². The summed E-state index contributed by atoms with van der Waals surface area (Å²) in [5, 5.41) is 8.50. The quantitative estimate of drug-likeness (QED) is 0.443. The molecule has 1 amide bonds. The number of benzene rings is 2. The lowest BCUT2D eigenvalue weighted by atomic mass is 10.2. The van der Waals surface area contributed by atoms with Crippen molar-refractivity contribution in [3.05, 3.63) is 76.5 Å². The molecule has 0 radical (unpaired) electrons. The molecule has 8 heteroatoms. The number of carbonyl (C=O) groups excluding carboxylic acids is 1. The van der Waals surface area contributed by atoms with E-state index in [0.29, 0.717) is 36.0 Å². The standard InChI is InChI=1S/C23H23FN4O3/c1-31-12-6-11-25-21(29)15-28-23(30)22-18(13-26-28)17-8-3-5-10-20(17)27(22)14-16-7-2-4-9-19(16)24/h2-5,7-10,13H,6,11-12,14-15H2,1H3,(H,25,29). The van der Waals surface area contributed by atoms with Crippen molar-refractivity contribution >= 4 is 27.7 Å². The number of nitrogens with zero attached hydrogens (tertiary/aromatic N) is 3. The van der Waals surface area contributed by atoms with E-state index < -0.39 is 5.56 Å². The van der Waals surface area contributed by atoms with Crippen molar-refractivity contribution < 1.29 is 13.9 Å². The Hall–Kier alpha value is -3.52. The Balaban J connectivity index is 1.75. The van der Waals surface area contributed by atoms with Crippen LogP contribution in [0.15, 0.2) is 59.5 Å². The molecule has 2 aromatic heterocycles. The van der Waals surface area contributed by atoms with Crippen LogP contribution in [-0.4, -0.2) is 40.5 Å². The van der Waals surface area contributed by atoms with Crippen LogP contribution in [0.1, 0.15) is 12.0 Å². The van der Waals surface area contributed by atoms with Gasteiger partial charge < -0.3 is 14.6 Å². The highest BCUT2D eigenvalue weighted by Gasteiger charge is 2.18. The van der Waals surface area contributed by atoms with Crippen LogP contribution in [0, 0.1) is 5.82 Å². The van der Waals surface area contributed by atoms with Crippen LogP contribution in [0.3, 0.4) is 0 Å². The van der Waals surface area contributed by atoms with E-state index in [-0.39, 0.29) is 24.8 Å². The summed E-state index contributed by atoms with van der Waals surface area (Å²) in [6.07, 6.45) is 2.27. The molecule has 4 aromatic rings. The molecule has 0 unspecified atom stereocenters. The molecule has 0 aliphatic carbocycles. The van der Waals surface area contributed by atoms with Crippen molar-refractivity contribution in [2.45, 2.75) is 19.5 Å². The topological polar surface area (TPSA) is 78.2 Å². The number of amides is 1. The van der Waals surface area contributed by atoms with E-state index in [9.17, 15) is 14.0 Å². The van der Waals surface area contributed by atoms with Gasteiger partial charge in [0.25, 0.3) is 5.56 Å². The predicted molar refractivity (Wildman–Crippen MR) is 117 cm³/mol. The minimum Gasteiger partial charge on any atom is -0.385 e. The normalized spacial score (nSPS) is 11.3. The van der Waals surface area contributed by atoms with E-state index in [2.05, 4.69) is 10.4 Å². The molecule has 0 saturated heterocycles. The third kappa shape index (κ3) is 4.20. The van der Waals surface area contributed by atoms with Crippen LogP contribution in [0.5, 0.6) is 0 Å². The van der Waals surface area contributed by atoms with Gasteiger partial charge in [-0.1, -0.05) is 36.4 Å². The lowest BCUT2D eigenvalue weighted by Crippen LogP contribution is -2.34. The number of hydrogen-bond donors (Lipinski definition) is 1. The molecule has 7 nitrogen and oxygen atoms in total. The Morgan fingerprint density at radius 3 is 2.71 bits per heavy atom. The second-order valence-electron chi connectivity index (χ2n) is 7.26. The molecule has 2 aromatic carbocycles. The minimum atomic E-state index is -0.392. The molecule has 0 spiro atoms. The molecule has 0 aliphatic heterocycles. The summed E-state index contributed by atoms with van der Waals surface area (Å²) in [6.45, 7) is 1.000. The molecule has 0 atom stereocenters. The fourth-order valence-corrected chi connectivity index (χ4v) is 3.70. The number of rotatable bonds is 8. The van der Waals surface area contributed by atoms with E-state index >= 15 is 0 Å². The Morgan fingerprint density at radius 1 is 1.13 bits per heavy atom. The van der Waals surface area contributed by atoms with E-state index in [1.165, 1.54) is 6.07 Å². The highest BCUT2D eigenvalue weighted by molar-refractivity contribution is 6.07. The van der Waals surface area contributed by atoms with E-state index in [1.807, 2.05) is 24.3 Å². The summed E-state index contributed by atoms with van der Waals surface area (Å²) < 4.78 is 22.2. The molecular formula is C23H23FN4O3. The monoisotopic (exact) mass is 422 g/mol. The summed E-state index contributed by atoms with van der Waals surface area (Å²) >= 11 is 0. The zero-order valence-corrected chi connectivity index (χ0v) is 17.2. The average Bonchev–Trinajstić information content (AvgIpc) is 3.09. The summed E-state index contributed by atoms with van der Waals surface area (Å²) in [5.74, 6) is -0.639. The van der Waals surface area contributed by atoms with E-state index in [0.717, 1.165) is 15.6 Å². The SMILES string of the molecule is COCCCNC(=O)Cn1ncc2c3ccccc3n(Cc3ccccc3F)c2c1=O. The van der Waals surface area contributed by atoms with Gasteiger partial charge in [0.1, 0.15) is 17.9 Å². The zero-order chi connectivity index (χ0) is 21.8. The maximum Gasteiger partial charge on any atom is 0.291 e. The van der Waals surface area contributed by atoms with Gasteiger partial charge in [0.15, 0.2) is 0 Å². The molecular weight excluding hydrogens is 399 g/mol. The van der Waals surface area contributed by atoms with Gasteiger partial charge in [-0.05, 0) is 18.6 Å². The highest BCUT2D eigenvalue weighted by atomic mass is 19.1. The summed E-state index contributed by atoms with van der Waals surface area (Å²) in [5.41, 5.74) is 1.29. The van der Waals surface area contributed by atoms with E-state index in [4.69, 9.17) is 4.74 Å². The molecule has 160 valence electrons. The Morgan fingerprint density at radius 2 is 1.90 bits per heavy atom. The lowest BCUT2D eigenvalue weighted by molar-refractivity contribution is -0.121. The van der Waals surface area contributed by atoms with Gasteiger partial charge in [0.05, 0.1) is 12.7 Å². The molecule has 31 heavy (non-hydrogen) atoms. The number of nitrogens with one attached hydrogen (secondary N) is 1. The zero-order valence-electron chi connectivity index (χ0n) is 17.2. The van der Waals surface area contributed by atoms with Crippen LogP contribution >= 0.6 is 0 Å². The number of fused-ring (bicyclic) bond motifs is 3. The maximum absolute atomic E-state index is 14.3. The summed E-state index contributed by atoms with van der Waals surface area (Å²) in [6, 6.07) is 14.0. The number of methoxy groups -OCH3 is 1. The maximum atomic E-state index is 14.3. The van der Waals surface area contributed by atoms with Crippen molar-refractivity contribution in [2.75, 3.05) is 20.3 Å². The largest absolute Gasteiger partial charge is 0.385 e. The fraction of sp³-hybridized carbons (Fsp3) is 0.261. The molecule has 0 bridgehead atoms. The van der Waals surface area contributed by atoms with Crippen molar-refractivity contribution in [3.63, 3.8) is 0 Å². The average molecular weight is 422 g/mol. The van der Waals surface area contributed by atoms with Crippen molar-refractivity contribution in [1.82, 2.24) is 19.7 Å². The molecule has 0 saturated carbocycles. The van der Waals surface area contributed by atoms with Crippen molar-refractivity contribution in [1.29, 1.82) is 0 Å².